The predicted molar refractivity (Wildman–Crippen MR) is 120 cm³/mol. The summed E-state index contributed by atoms with van der Waals surface area (Å²) in [6, 6.07) is 26.4. The first-order valence-corrected chi connectivity index (χ1v) is 10.7. The molecule has 0 saturated heterocycles. The van der Waals surface area contributed by atoms with Crippen LogP contribution in [0.3, 0.4) is 0 Å². The summed E-state index contributed by atoms with van der Waals surface area (Å²) in [7, 11) is 0. The first-order chi connectivity index (χ1) is 14.2. The second-order valence-electron chi connectivity index (χ2n) is 6.92. The number of thioether (sulfide) groups is 1. The summed E-state index contributed by atoms with van der Waals surface area (Å²) in [5.74, 6) is 0.300. The first-order valence-electron chi connectivity index (χ1n) is 9.68. The molecule has 0 aliphatic heterocycles. The summed E-state index contributed by atoms with van der Waals surface area (Å²) in [5.41, 5.74) is 5.27. The lowest BCUT2D eigenvalue weighted by Crippen LogP contribution is -2.15. The molecule has 0 unspecified atom stereocenters. The Labute approximate surface area is 175 Å². The number of amides is 1. The number of aryl methyl sites for hydroxylation is 3. The molecule has 1 aromatic heterocycles. The van der Waals surface area contributed by atoms with Gasteiger partial charge in [-0.15, -0.1) is 0 Å². The number of anilines is 1. The van der Waals surface area contributed by atoms with Gasteiger partial charge in [0.25, 0.3) is 0 Å². The van der Waals surface area contributed by atoms with Crippen LogP contribution < -0.4 is 5.32 Å². The number of nitrogens with one attached hydrogen (secondary N) is 1. The molecule has 0 saturated carbocycles. The highest BCUT2D eigenvalue weighted by Gasteiger charge is 2.13. The molecular weight excluding hydrogens is 378 g/mol. The normalized spacial score (nSPS) is 10.9. The number of hydrogen-bond acceptors (Lipinski definition) is 3. The molecule has 5 heteroatoms. The number of carbonyl (C=O) groups is 1. The van der Waals surface area contributed by atoms with Gasteiger partial charge < -0.3 is 9.88 Å². The third kappa shape index (κ3) is 4.69. The summed E-state index contributed by atoms with van der Waals surface area (Å²) < 4.78 is 2.22. The van der Waals surface area contributed by atoms with Gasteiger partial charge in [-0.1, -0.05) is 72.4 Å². The molecule has 4 nitrogen and oxygen atoms in total. The molecular formula is C24H23N3OS. The SMILES string of the molecule is Cc1ccccc1NC(=O)CSc1nc2ccccc2n1CCc1ccccc1. The third-order valence-corrected chi connectivity index (χ3v) is 5.81. The van der Waals surface area contributed by atoms with Crippen LogP contribution in [0.2, 0.25) is 0 Å². The summed E-state index contributed by atoms with van der Waals surface area (Å²) in [4.78, 5) is 17.2. The topological polar surface area (TPSA) is 46.9 Å². The van der Waals surface area contributed by atoms with E-state index in [4.69, 9.17) is 4.98 Å². The zero-order valence-electron chi connectivity index (χ0n) is 16.3. The van der Waals surface area contributed by atoms with Crippen molar-refractivity contribution in [1.82, 2.24) is 9.55 Å². The van der Waals surface area contributed by atoms with E-state index in [0.717, 1.165) is 40.4 Å². The van der Waals surface area contributed by atoms with Crippen molar-refractivity contribution < 1.29 is 4.79 Å². The van der Waals surface area contributed by atoms with E-state index in [1.807, 2.05) is 55.5 Å². The lowest BCUT2D eigenvalue weighted by atomic mass is 10.1. The molecule has 1 N–H and O–H groups in total. The molecule has 0 bridgehead atoms. The molecule has 4 aromatic rings. The van der Waals surface area contributed by atoms with Crippen molar-refractivity contribution in [2.75, 3.05) is 11.1 Å². The Bertz CT molecular complexity index is 1120. The van der Waals surface area contributed by atoms with E-state index < -0.39 is 0 Å². The van der Waals surface area contributed by atoms with Crippen LogP contribution in [0.5, 0.6) is 0 Å². The largest absolute Gasteiger partial charge is 0.325 e. The lowest BCUT2D eigenvalue weighted by Gasteiger charge is -2.10. The average Bonchev–Trinajstić information content (AvgIpc) is 3.11. The molecule has 0 atom stereocenters. The zero-order chi connectivity index (χ0) is 20.1. The van der Waals surface area contributed by atoms with E-state index in [1.54, 1.807) is 0 Å². The van der Waals surface area contributed by atoms with E-state index in [2.05, 4.69) is 40.2 Å². The molecule has 4 rings (SSSR count). The smallest absolute Gasteiger partial charge is 0.234 e. The number of hydrogen-bond donors (Lipinski definition) is 1. The minimum atomic E-state index is -0.0223. The summed E-state index contributed by atoms with van der Waals surface area (Å²) in [6.07, 6.45) is 0.921. The number of carbonyl (C=O) groups excluding carboxylic acids is 1. The second-order valence-corrected chi connectivity index (χ2v) is 7.86. The molecule has 0 spiro atoms. The fraction of sp³-hybridized carbons (Fsp3) is 0.167. The molecule has 29 heavy (non-hydrogen) atoms. The number of benzene rings is 3. The number of rotatable bonds is 7. The van der Waals surface area contributed by atoms with Crippen molar-refractivity contribution in [3.8, 4) is 0 Å². The number of nitrogens with zero attached hydrogens (tertiary/aromatic N) is 2. The van der Waals surface area contributed by atoms with Crippen molar-refractivity contribution in [2.45, 2.75) is 25.0 Å². The summed E-state index contributed by atoms with van der Waals surface area (Å²) >= 11 is 1.48. The number of imidazole rings is 1. The van der Waals surface area contributed by atoms with Gasteiger partial charge in [0.2, 0.25) is 5.91 Å². The van der Waals surface area contributed by atoms with Crippen LogP contribution in [-0.2, 0) is 17.8 Å². The molecule has 146 valence electrons. The van der Waals surface area contributed by atoms with Gasteiger partial charge >= 0.3 is 0 Å². The van der Waals surface area contributed by atoms with Crippen LogP contribution in [0.1, 0.15) is 11.1 Å². The van der Waals surface area contributed by atoms with Gasteiger partial charge in [-0.25, -0.2) is 4.98 Å². The van der Waals surface area contributed by atoms with Crippen molar-refractivity contribution in [1.29, 1.82) is 0 Å². The molecule has 1 heterocycles. The average molecular weight is 402 g/mol. The van der Waals surface area contributed by atoms with Crippen molar-refractivity contribution >= 4 is 34.4 Å². The fourth-order valence-electron chi connectivity index (χ4n) is 3.29. The van der Waals surface area contributed by atoms with Crippen LogP contribution in [0.4, 0.5) is 5.69 Å². The quantitative estimate of drug-likeness (QED) is 0.427. The summed E-state index contributed by atoms with van der Waals surface area (Å²) in [5, 5.41) is 3.87. The highest BCUT2D eigenvalue weighted by molar-refractivity contribution is 7.99. The highest BCUT2D eigenvalue weighted by atomic mass is 32.2. The maximum absolute atomic E-state index is 12.5. The van der Waals surface area contributed by atoms with Crippen LogP contribution in [-0.4, -0.2) is 21.2 Å². The standard InChI is InChI=1S/C24H23N3OS/c1-18-9-5-6-12-20(18)25-23(28)17-29-24-26-21-13-7-8-14-22(21)27(24)16-15-19-10-3-2-4-11-19/h2-14H,15-17H2,1H3,(H,25,28). The van der Waals surface area contributed by atoms with Gasteiger partial charge in [0.15, 0.2) is 5.16 Å². The van der Waals surface area contributed by atoms with Gasteiger partial charge in [-0.05, 0) is 42.7 Å². The van der Waals surface area contributed by atoms with E-state index in [9.17, 15) is 4.79 Å². The Kier molecular flexibility index (Phi) is 5.96. The van der Waals surface area contributed by atoms with Crippen molar-refractivity contribution in [3.05, 3.63) is 90.0 Å². The van der Waals surface area contributed by atoms with Gasteiger partial charge in [-0.2, -0.15) is 0 Å². The maximum Gasteiger partial charge on any atom is 0.234 e. The van der Waals surface area contributed by atoms with Crippen LogP contribution in [0.25, 0.3) is 11.0 Å². The van der Waals surface area contributed by atoms with Crippen LogP contribution >= 0.6 is 11.8 Å². The Balaban J connectivity index is 1.49. The predicted octanol–water partition coefficient (Wildman–Crippen LogP) is 5.32. The minimum absolute atomic E-state index is 0.0223. The first kappa shape index (κ1) is 19.3. The zero-order valence-corrected chi connectivity index (χ0v) is 17.2. The Morgan fingerprint density at radius 2 is 1.69 bits per heavy atom. The fourth-order valence-corrected chi connectivity index (χ4v) is 4.14. The Morgan fingerprint density at radius 1 is 0.966 bits per heavy atom. The number of fused-ring (bicyclic) bond motifs is 1. The van der Waals surface area contributed by atoms with E-state index >= 15 is 0 Å². The van der Waals surface area contributed by atoms with Gasteiger partial charge in [0, 0.05) is 12.2 Å². The van der Waals surface area contributed by atoms with E-state index in [1.165, 1.54) is 17.3 Å². The molecule has 0 aliphatic carbocycles. The minimum Gasteiger partial charge on any atom is -0.325 e. The van der Waals surface area contributed by atoms with E-state index in [0.29, 0.717) is 5.75 Å². The second kappa shape index (κ2) is 8.97. The van der Waals surface area contributed by atoms with E-state index in [-0.39, 0.29) is 5.91 Å². The Hall–Kier alpha value is -3.05. The van der Waals surface area contributed by atoms with Crippen LogP contribution in [0.15, 0.2) is 84.0 Å². The summed E-state index contributed by atoms with van der Waals surface area (Å²) in [6.45, 7) is 2.82. The molecule has 0 fully saturated rings. The van der Waals surface area contributed by atoms with Gasteiger partial charge in [-0.3, -0.25) is 4.79 Å². The molecule has 1 amide bonds. The molecule has 3 aromatic carbocycles. The Morgan fingerprint density at radius 3 is 2.52 bits per heavy atom. The van der Waals surface area contributed by atoms with Gasteiger partial charge in [0.05, 0.1) is 16.8 Å². The molecule has 0 aliphatic rings. The van der Waals surface area contributed by atoms with Crippen LogP contribution in [0, 0.1) is 6.92 Å². The third-order valence-electron chi connectivity index (χ3n) is 4.84. The van der Waals surface area contributed by atoms with Crippen molar-refractivity contribution in [3.63, 3.8) is 0 Å². The monoisotopic (exact) mass is 401 g/mol. The number of aromatic nitrogens is 2. The maximum atomic E-state index is 12.5. The van der Waals surface area contributed by atoms with Gasteiger partial charge in [0.1, 0.15) is 0 Å². The highest BCUT2D eigenvalue weighted by Crippen LogP contribution is 2.25. The van der Waals surface area contributed by atoms with Crippen molar-refractivity contribution in [2.24, 2.45) is 0 Å². The lowest BCUT2D eigenvalue weighted by molar-refractivity contribution is -0.113. The molecule has 0 radical (unpaired) electrons. The number of para-hydroxylation sites is 3.